The summed E-state index contributed by atoms with van der Waals surface area (Å²) in [5.74, 6) is 0. The number of amides is 1. The van der Waals surface area contributed by atoms with Gasteiger partial charge < -0.3 is 18.8 Å². The molecule has 1 saturated heterocycles. The zero-order valence-electron chi connectivity index (χ0n) is 18.6. The van der Waals surface area contributed by atoms with E-state index in [0.717, 1.165) is 5.56 Å². The predicted octanol–water partition coefficient (Wildman–Crippen LogP) is 4.60. The standard InChI is InChI=1S/C20H34BNO5Si/c1-18(2,3)28(8,9)25-13-14-10-11-15(16(12-14)22-17(23)24)21-26-19(4,5)20(6,7)27-21/h10-12,22H,13H2,1-9H3,(H,23,24). The fraction of sp³-hybridized carbons (Fsp3) is 0.650. The summed E-state index contributed by atoms with van der Waals surface area (Å²) in [6.45, 7) is 19.3. The molecule has 1 aromatic carbocycles. The van der Waals surface area contributed by atoms with E-state index < -0.39 is 32.7 Å². The van der Waals surface area contributed by atoms with Crippen molar-refractivity contribution in [2.45, 2.75) is 84.4 Å². The number of hydrogen-bond acceptors (Lipinski definition) is 4. The van der Waals surface area contributed by atoms with Gasteiger partial charge in [0, 0.05) is 11.2 Å². The Labute approximate surface area is 170 Å². The summed E-state index contributed by atoms with van der Waals surface area (Å²) in [7, 11) is -2.54. The Morgan fingerprint density at radius 3 is 2.18 bits per heavy atom. The van der Waals surface area contributed by atoms with E-state index in [0.29, 0.717) is 17.8 Å². The molecule has 6 nitrogen and oxygen atoms in total. The molecule has 1 aliphatic rings. The lowest BCUT2D eigenvalue weighted by atomic mass is 9.77. The highest BCUT2D eigenvalue weighted by molar-refractivity contribution is 6.74. The molecular weight excluding hydrogens is 373 g/mol. The van der Waals surface area contributed by atoms with Gasteiger partial charge in [0.1, 0.15) is 0 Å². The molecule has 1 aromatic rings. The second kappa shape index (κ2) is 7.48. The summed E-state index contributed by atoms with van der Waals surface area (Å²) in [4.78, 5) is 11.3. The smallest absolute Gasteiger partial charge is 0.465 e. The number of anilines is 1. The first-order chi connectivity index (χ1) is 12.6. The average Bonchev–Trinajstić information content (AvgIpc) is 2.71. The SMILES string of the molecule is CC1(C)OB(c2ccc(CO[Si](C)(C)C(C)(C)C)cc2NC(=O)O)OC1(C)C. The van der Waals surface area contributed by atoms with Crippen molar-refractivity contribution in [2.75, 3.05) is 5.32 Å². The molecule has 0 aliphatic carbocycles. The highest BCUT2D eigenvalue weighted by atomic mass is 28.4. The topological polar surface area (TPSA) is 77.0 Å². The van der Waals surface area contributed by atoms with Gasteiger partial charge in [0.25, 0.3) is 0 Å². The van der Waals surface area contributed by atoms with Crippen molar-refractivity contribution in [1.82, 2.24) is 0 Å². The molecule has 1 heterocycles. The van der Waals surface area contributed by atoms with Gasteiger partial charge in [0.05, 0.1) is 17.8 Å². The lowest BCUT2D eigenvalue weighted by Crippen LogP contribution is -2.41. The lowest BCUT2D eigenvalue weighted by Gasteiger charge is -2.36. The van der Waals surface area contributed by atoms with Crippen LogP contribution < -0.4 is 10.8 Å². The van der Waals surface area contributed by atoms with Crippen LogP contribution in [0.4, 0.5) is 10.5 Å². The number of nitrogens with one attached hydrogen (secondary N) is 1. The van der Waals surface area contributed by atoms with Crippen molar-refractivity contribution in [3.05, 3.63) is 23.8 Å². The number of carbonyl (C=O) groups is 1. The average molecular weight is 407 g/mol. The van der Waals surface area contributed by atoms with Gasteiger partial charge in [-0.25, -0.2) is 4.79 Å². The second-order valence-electron chi connectivity index (χ2n) is 9.99. The predicted molar refractivity (Wildman–Crippen MR) is 116 cm³/mol. The number of rotatable bonds is 5. The Morgan fingerprint density at radius 2 is 1.71 bits per heavy atom. The van der Waals surface area contributed by atoms with E-state index in [1.165, 1.54) is 0 Å². The molecular formula is C20H34BNO5Si. The third-order valence-electron chi connectivity index (χ3n) is 6.27. The third-order valence-corrected chi connectivity index (χ3v) is 10.8. The van der Waals surface area contributed by atoms with Gasteiger partial charge in [-0.2, -0.15) is 0 Å². The minimum absolute atomic E-state index is 0.109. The molecule has 156 valence electrons. The molecule has 1 amide bonds. The van der Waals surface area contributed by atoms with Gasteiger partial charge in [-0.15, -0.1) is 0 Å². The normalized spacial score (nSPS) is 19.0. The molecule has 0 unspecified atom stereocenters. The molecule has 1 aliphatic heterocycles. The van der Waals surface area contributed by atoms with E-state index in [2.05, 4.69) is 39.2 Å². The highest BCUT2D eigenvalue weighted by Gasteiger charge is 2.52. The van der Waals surface area contributed by atoms with Crippen LogP contribution in [0.5, 0.6) is 0 Å². The van der Waals surface area contributed by atoms with E-state index in [9.17, 15) is 9.90 Å². The summed E-state index contributed by atoms with van der Waals surface area (Å²) in [5, 5.41) is 11.9. The van der Waals surface area contributed by atoms with E-state index in [1.54, 1.807) is 0 Å². The lowest BCUT2D eigenvalue weighted by molar-refractivity contribution is 0.00578. The van der Waals surface area contributed by atoms with Crippen LogP contribution in [0.2, 0.25) is 18.1 Å². The van der Waals surface area contributed by atoms with E-state index >= 15 is 0 Å². The molecule has 0 saturated carbocycles. The summed E-state index contributed by atoms with van der Waals surface area (Å²) in [6, 6.07) is 5.61. The number of hydrogen-bond donors (Lipinski definition) is 2. The number of benzene rings is 1. The Balaban J connectivity index is 2.28. The molecule has 0 bridgehead atoms. The second-order valence-corrected chi connectivity index (χ2v) is 14.8. The maximum Gasteiger partial charge on any atom is 0.496 e. The van der Waals surface area contributed by atoms with E-state index in [4.69, 9.17) is 13.7 Å². The van der Waals surface area contributed by atoms with Crippen LogP contribution in [0, 0.1) is 0 Å². The molecule has 0 spiro atoms. The van der Waals surface area contributed by atoms with Crippen LogP contribution in [0.1, 0.15) is 54.0 Å². The molecule has 0 aromatic heterocycles. The largest absolute Gasteiger partial charge is 0.496 e. The maximum absolute atomic E-state index is 11.3. The first-order valence-corrected chi connectivity index (χ1v) is 12.6. The Morgan fingerprint density at radius 1 is 1.18 bits per heavy atom. The van der Waals surface area contributed by atoms with Crippen molar-refractivity contribution in [2.24, 2.45) is 0 Å². The van der Waals surface area contributed by atoms with Crippen molar-refractivity contribution in [1.29, 1.82) is 0 Å². The van der Waals surface area contributed by atoms with Crippen LogP contribution in [-0.2, 0) is 20.3 Å². The fourth-order valence-electron chi connectivity index (χ4n) is 2.57. The van der Waals surface area contributed by atoms with Crippen molar-refractivity contribution < 1.29 is 23.6 Å². The van der Waals surface area contributed by atoms with Crippen LogP contribution in [0.3, 0.4) is 0 Å². The van der Waals surface area contributed by atoms with Crippen LogP contribution in [0.25, 0.3) is 0 Å². The Bertz CT molecular complexity index is 727. The zero-order valence-corrected chi connectivity index (χ0v) is 19.6. The molecule has 0 radical (unpaired) electrons. The van der Waals surface area contributed by atoms with E-state index in [-0.39, 0.29) is 5.04 Å². The highest BCUT2D eigenvalue weighted by Crippen LogP contribution is 2.38. The number of carboxylic acid groups (broad SMARTS) is 1. The van der Waals surface area contributed by atoms with Gasteiger partial charge in [-0.3, -0.25) is 5.32 Å². The van der Waals surface area contributed by atoms with Gasteiger partial charge >= 0.3 is 13.2 Å². The first-order valence-electron chi connectivity index (χ1n) is 9.68. The maximum atomic E-state index is 11.3. The molecule has 28 heavy (non-hydrogen) atoms. The van der Waals surface area contributed by atoms with Crippen molar-refractivity contribution in [3.63, 3.8) is 0 Å². The molecule has 2 N–H and O–H groups in total. The molecule has 0 atom stereocenters. The zero-order chi connectivity index (χ0) is 21.5. The minimum atomic E-state index is -1.90. The monoisotopic (exact) mass is 407 g/mol. The molecule has 2 rings (SSSR count). The summed E-state index contributed by atoms with van der Waals surface area (Å²) < 4.78 is 18.5. The van der Waals surface area contributed by atoms with Crippen LogP contribution >= 0.6 is 0 Å². The molecule has 8 heteroatoms. The summed E-state index contributed by atoms with van der Waals surface area (Å²) >= 11 is 0. The van der Waals surface area contributed by atoms with Gasteiger partial charge in [-0.1, -0.05) is 32.9 Å². The minimum Gasteiger partial charge on any atom is -0.465 e. The van der Waals surface area contributed by atoms with Crippen molar-refractivity contribution >= 4 is 32.7 Å². The summed E-state index contributed by atoms with van der Waals surface area (Å²) in [6.07, 6.45) is -1.12. The Hall–Kier alpha value is -1.35. The van der Waals surface area contributed by atoms with Gasteiger partial charge in [0.15, 0.2) is 8.32 Å². The van der Waals surface area contributed by atoms with Crippen LogP contribution in [0.15, 0.2) is 18.2 Å². The quantitative estimate of drug-likeness (QED) is 0.698. The summed E-state index contributed by atoms with van der Waals surface area (Å²) in [5.41, 5.74) is 1.04. The molecule has 1 fully saturated rings. The van der Waals surface area contributed by atoms with Crippen molar-refractivity contribution in [3.8, 4) is 0 Å². The van der Waals surface area contributed by atoms with E-state index in [1.807, 2.05) is 45.9 Å². The first kappa shape index (κ1) is 22.9. The third kappa shape index (κ3) is 4.79. The fourth-order valence-corrected chi connectivity index (χ4v) is 3.53. The van der Waals surface area contributed by atoms with Gasteiger partial charge in [-0.05, 0) is 57.5 Å². The van der Waals surface area contributed by atoms with Crippen LogP contribution in [-0.4, -0.2) is 37.8 Å². The Kier molecular flexibility index (Phi) is 6.13. The van der Waals surface area contributed by atoms with Gasteiger partial charge in [0.2, 0.25) is 0 Å².